The smallest absolute Gasteiger partial charge is 0.293 e. The topological polar surface area (TPSA) is 112 Å². The Balaban J connectivity index is 1.86. The van der Waals surface area contributed by atoms with Crippen LogP contribution in [0.2, 0.25) is 0 Å². The molecule has 9 nitrogen and oxygen atoms in total. The van der Waals surface area contributed by atoms with Crippen LogP contribution in [0, 0.1) is 21.4 Å². The van der Waals surface area contributed by atoms with Crippen molar-refractivity contribution in [2.45, 2.75) is 18.8 Å². The summed E-state index contributed by atoms with van der Waals surface area (Å²) in [4.78, 5) is 19.0. The number of rotatable bonds is 4. The van der Waals surface area contributed by atoms with Crippen molar-refractivity contribution in [2.75, 3.05) is 37.0 Å². The number of nitro benzene ring substituents is 1. The lowest BCUT2D eigenvalue weighted by Gasteiger charge is -2.32. The molecule has 0 N–H and O–H groups in total. The molecule has 1 aromatic carbocycles. The van der Waals surface area contributed by atoms with E-state index in [0.29, 0.717) is 30.6 Å². The Hall–Kier alpha value is -3.15. The molecule has 9 heteroatoms. The zero-order chi connectivity index (χ0) is 18.0. The molecule has 0 aliphatic carbocycles. The Morgan fingerprint density at radius 1 is 1.48 bits per heavy atom. The zero-order valence-electron chi connectivity index (χ0n) is 14.0. The van der Waals surface area contributed by atoms with Gasteiger partial charge in [-0.3, -0.25) is 10.1 Å². The van der Waals surface area contributed by atoms with E-state index in [0.717, 1.165) is 12.8 Å². The molecule has 0 saturated carbocycles. The summed E-state index contributed by atoms with van der Waals surface area (Å²) in [5, 5.41) is 24.3. The normalized spacial score (nSPS) is 17.2. The van der Waals surface area contributed by atoms with Gasteiger partial charge in [-0.25, -0.2) is 0 Å². The molecule has 25 heavy (non-hydrogen) atoms. The monoisotopic (exact) mass is 342 g/mol. The van der Waals surface area contributed by atoms with Crippen molar-refractivity contribution in [3.63, 3.8) is 0 Å². The fourth-order valence-electron chi connectivity index (χ4n) is 2.98. The van der Waals surface area contributed by atoms with E-state index in [-0.39, 0.29) is 17.2 Å². The molecule has 1 atom stereocenters. The van der Waals surface area contributed by atoms with Gasteiger partial charge in [0.2, 0.25) is 5.89 Å². The summed E-state index contributed by atoms with van der Waals surface area (Å²) in [5.41, 5.74) is 0.733. The Morgan fingerprint density at radius 2 is 2.28 bits per heavy atom. The maximum Gasteiger partial charge on any atom is 0.293 e. The highest BCUT2D eigenvalue weighted by atomic mass is 16.6. The number of hydrogen-bond acceptors (Lipinski definition) is 8. The molecule has 0 radical (unpaired) electrons. The highest BCUT2D eigenvalue weighted by molar-refractivity contribution is 5.66. The van der Waals surface area contributed by atoms with Gasteiger partial charge in [0.25, 0.3) is 11.6 Å². The quantitative estimate of drug-likeness (QED) is 0.614. The number of nitrogens with zero attached hydrogens (tertiary/aromatic N) is 6. The van der Waals surface area contributed by atoms with Crippen molar-refractivity contribution < 1.29 is 9.45 Å². The average molecular weight is 342 g/mol. The van der Waals surface area contributed by atoms with Crippen LogP contribution in [0.25, 0.3) is 0 Å². The van der Waals surface area contributed by atoms with Crippen LogP contribution in [0.1, 0.15) is 30.2 Å². The molecular formula is C16H18N6O3. The van der Waals surface area contributed by atoms with E-state index in [2.05, 4.69) is 10.1 Å². The molecule has 130 valence electrons. The molecule has 1 aliphatic rings. The summed E-state index contributed by atoms with van der Waals surface area (Å²) in [5.74, 6) is 1.08. The van der Waals surface area contributed by atoms with Crippen molar-refractivity contribution in [3.8, 4) is 6.07 Å². The molecule has 3 rings (SSSR count). The summed E-state index contributed by atoms with van der Waals surface area (Å²) in [6, 6.07) is 6.49. The molecule has 0 bridgehead atoms. The van der Waals surface area contributed by atoms with Crippen LogP contribution in [0.4, 0.5) is 17.3 Å². The second-order valence-corrected chi connectivity index (χ2v) is 6.18. The predicted molar refractivity (Wildman–Crippen MR) is 90.6 cm³/mol. The van der Waals surface area contributed by atoms with Gasteiger partial charge in [-0.15, -0.1) is 0 Å². The highest BCUT2D eigenvalue weighted by Gasteiger charge is 2.29. The van der Waals surface area contributed by atoms with E-state index in [4.69, 9.17) is 9.78 Å². The van der Waals surface area contributed by atoms with E-state index in [1.54, 1.807) is 17.0 Å². The van der Waals surface area contributed by atoms with Gasteiger partial charge >= 0.3 is 0 Å². The van der Waals surface area contributed by atoms with E-state index in [9.17, 15) is 10.1 Å². The molecule has 1 aromatic heterocycles. The Morgan fingerprint density at radius 3 is 2.92 bits per heavy atom. The Labute approximate surface area is 144 Å². The molecule has 1 aliphatic heterocycles. The summed E-state index contributed by atoms with van der Waals surface area (Å²) in [7, 11) is 3.67. The lowest BCUT2D eigenvalue weighted by atomic mass is 9.97. The fraction of sp³-hybridized carbons (Fsp3) is 0.438. The summed E-state index contributed by atoms with van der Waals surface area (Å²) in [6.07, 6.45) is 1.75. The second-order valence-electron chi connectivity index (χ2n) is 6.18. The van der Waals surface area contributed by atoms with Crippen molar-refractivity contribution in [1.29, 1.82) is 5.26 Å². The maximum atomic E-state index is 11.4. The van der Waals surface area contributed by atoms with Gasteiger partial charge in [0, 0.05) is 33.3 Å². The lowest BCUT2D eigenvalue weighted by Crippen LogP contribution is -2.35. The molecule has 1 fully saturated rings. The summed E-state index contributed by atoms with van der Waals surface area (Å²) >= 11 is 0. The van der Waals surface area contributed by atoms with Crippen LogP contribution < -0.4 is 9.80 Å². The molecule has 0 unspecified atom stereocenters. The third-order valence-electron chi connectivity index (χ3n) is 4.24. The summed E-state index contributed by atoms with van der Waals surface area (Å²) in [6.45, 7) is 1.26. The van der Waals surface area contributed by atoms with Gasteiger partial charge in [-0.2, -0.15) is 10.2 Å². The Bertz CT molecular complexity index is 826. The number of nitro groups is 1. The van der Waals surface area contributed by atoms with E-state index >= 15 is 0 Å². The molecular weight excluding hydrogens is 324 g/mol. The number of hydrogen-bond donors (Lipinski definition) is 0. The van der Waals surface area contributed by atoms with Crippen molar-refractivity contribution in [3.05, 3.63) is 39.8 Å². The molecule has 0 spiro atoms. The minimum Gasteiger partial charge on any atom is -0.365 e. The second kappa shape index (κ2) is 6.76. The Kier molecular flexibility index (Phi) is 4.52. The predicted octanol–water partition coefficient (Wildman–Crippen LogP) is 2.30. The first kappa shape index (κ1) is 16.7. The minimum atomic E-state index is -0.448. The van der Waals surface area contributed by atoms with Crippen LogP contribution in [0.15, 0.2) is 22.7 Å². The summed E-state index contributed by atoms with van der Waals surface area (Å²) < 4.78 is 5.36. The largest absolute Gasteiger partial charge is 0.365 e. The van der Waals surface area contributed by atoms with Gasteiger partial charge in [-0.05, 0) is 30.1 Å². The van der Waals surface area contributed by atoms with E-state index < -0.39 is 4.92 Å². The van der Waals surface area contributed by atoms with E-state index in [1.165, 1.54) is 6.07 Å². The van der Waals surface area contributed by atoms with Gasteiger partial charge in [0.1, 0.15) is 5.69 Å². The molecule has 0 amide bonds. The number of anilines is 2. The van der Waals surface area contributed by atoms with Crippen molar-refractivity contribution in [1.82, 2.24) is 10.1 Å². The van der Waals surface area contributed by atoms with E-state index in [1.807, 2.05) is 25.1 Å². The minimum absolute atomic E-state index is 0.0187. The number of piperidine rings is 1. The molecule has 1 saturated heterocycles. The molecule has 2 heterocycles. The first-order valence-corrected chi connectivity index (χ1v) is 7.94. The highest BCUT2D eigenvalue weighted by Crippen LogP contribution is 2.35. The molecule has 2 aromatic rings. The zero-order valence-corrected chi connectivity index (χ0v) is 14.0. The van der Waals surface area contributed by atoms with Gasteiger partial charge < -0.3 is 14.3 Å². The lowest BCUT2D eigenvalue weighted by molar-refractivity contribution is -0.384. The fourth-order valence-corrected chi connectivity index (χ4v) is 2.98. The SMILES string of the molecule is CN(C)c1noc([C@H]2CCCN(c3ccc(C#N)cc3[N+](=O)[O-])C2)n1. The third-order valence-corrected chi connectivity index (χ3v) is 4.24. The van der Waals surface area contributed by atoms with Crippen LogP contribution in [-0.4, -0.2) is 42.2 Å². The van der Waals surface area contributed by atoms with Gasteiger partial charge in [-0.1, -0.05) is 0 Å². The first-order valence-electron chi connectivity index (χ1n) is 7.94. The standard InChI is InChI=1S/C16H18N6O3/c1-20(2)16-18-15(25-19-16)12-4-3-7-21(10-12)13-6-5-11(9-17)8-14(13)22(23)24/h5-6,8,12H,3-4,7,10H2,1-2H3/t12-/m0/s1. The first-order chi connectivity index (χ1) is 12.0. The van der Waals surface area contributed by atoms with Crippen LogP contribution >= 0.6 is 0 Å². The number of benzene rings is 1. The van der Waals surface area contributed by atoms with Crippen molar-refractivity contribution >= 4 is 17.3 Å². The third kappa shape index (κ3) is 3.38. The average Bonchev–Trinajstić information content (AvgIpc) is 3.11. The number of aromatic nitrogens is 2. The van der Waals surface area contributed by atoms with Crippen LogP contribution in [0.5, 0.6) is 0 Å². The number of nitriles is 1. The van der Waals surface area contributed by atoms with Crippen LogP contribution in [-0.2, 0) is 0 Å². The maximum absolute atomic E-state index is 11.4. The van der Waals surface area contributed by atoms with Gasteiger partial charge in [0.15, 0.2) is 0 Å². The van der Waals surface area contributed by atoms with Crippen molar-refractivity contribution in [2.24, 2.45) is 0 Å². The van der Waals surface area contributed by atoms with Crippen LogP contribution in [0.3, 0.4) is 0 Å². The van der Waals surface area contributed by atoms with Gasteiger partial charge in [0.05, 0.1) is 22.5 Å².